The summed E-state index contributed by atoms with van der Waals surface area (Å²) < 4.78 is 11.5. The van der Waals surface area contributed by atoms with E-state index in [1.165, 1.54) is 0 Å². The predicted molar refractivity (Wildman–Crippen MR) is 136 cm³/mol. The molecule has 0 aromatic heterocycles. The number of hydrogen-bond acceptors (Lipinski definition) is 5. The smallest absolute Gasteiger partial charge is 0.323 e. The first-order valence-corrected chi connectivity index (χ1v) is 12.0. The van der Waals surface area contributed by atoms with E-state index in [0.717, 1.165) is 11.1 Å². The number of aryl methyl sites for hydroxylation is 2. The molecule has 6 amide bonds. The molecule has 2 aliphatic rings. The lowest BCUT2D eigenvalue weighted by Gasteiger charge is -2.16. The van der Waals surface area contributed by atoms with Crippen molar-refractivity contribution >= 4 is 29.5 Å². The molecule has 0 radical (unpaired) electrons. The van der Waals surface area contributed by atoms with Crippen molar-refractivity contribution in [2.24, 2.45) is 0 Å². The number of hydrogen-bond donors (Lipinski definition) is 4. The summed E-state index contributed by atoms with van der Waals surface area (Å²) in [5.41, 5.74) is 3.05. The Morgan fingerprint density at radius 1 is 0.806 bits per heavy atom. The van der Waals surface area contributed by atoms with Crippen molar-refractivity contribution in [1.29, 1.82) is 0 Å². The average Bonchev–Trinajstić information content (AvgIpc) is 3.45. The van der Waals surface area contributed by atoms with Gasteiger partial charge in [0.2, 0.25) is 0 Å². The number of ether oxygens (including phenoxy) is 2. The Hall–Kier alpha value is -4.15. The topological polar surface area (TPSA) is 124 Å². The zero-order valence-corrected chi connectivity index (χ0v) is 20.6. The zero-order chi connectivity index (χ0) is 25.5. The van der Waals surface area contributed by atoms with E-state index in [9.17, 15) is 14.4 Å². The third-order valence-corrected chi connectivity index (χ3v) is 6.04. The SMILES string of the molecule is Cc1cc(OCCN2CCNC2=O)ccc1NC(=O)Nc1ccc(OCCN2CCNC2=O)cc1C. The van der Waals surface area contributed by atoms with E-state index in [4.69, 9.17) is 9.47 Å². The lowest BCUT2D eigenvalue weighted by Crippen LogP contribution is -2.31. The van der Waals surface area contributed by atoms with Gasteiger partial charge in [0.15, 0.2) is 0 Å². The van der Waals surface area contributed by atoms with Gasteiger partial charge in [-0.3, -0.25) is 0 Å². The number of rotatable bonds is 10. The fourth-order valence-electron chi connectivity index (χ4n) is 4.00. The molecule has 0 spiro atoms. The van der Waals surface area contributed by atoms with Gasteiger partial charge in [0.05, 0.1) is 13.1 Å². The van der Waals surface area contributed by atoms with Gasteiger partial charge in [-0.05, 0) is 61.4 Å². The van der Waals surface area contributed by atoms with Crippen LogP contribution in [0.5, 0.6) is 11.5 Å². The number of anilines is 2. The van der Waals surface area contributed by atoms with Gasteiger partial charge in [-0.25, -0.2) is 14.4 Å². The first-order chi connectivity index (χ1) is 17.4. The van der Waals surface area contributed by atoms with Crippen molar-refractivity contribution in [3.8, 4) is 11.5 Å². The Bertz CT molecular complexity index is 1040. The summed E-state index contributed by atoms with van der Waals surface area (Å²) in [6, 6.07) is 10.4. The van der Waals surface area contributed by atoms with E-state index < -0.39 is 0 Å². The molecule has 192 valence electrons. The van der Waals surface area contributed by atoms with Crippen LogP contribution in [-0.2, 0) is 0 Å². The van der Waals surface area contributed by atoms with E-state index in [2.05, 4.69) is 21.3 Å². The van der Waals surface area contributed by atoms with Gasteiger partial charge in [-0.2, -0.15) is 0 Å². The second kappa shape index (κ2) is 11.5. The van der Waals surface area contributed by atoms with Crippen molar-refractivity contribution in [2.45, 2.75) is 13.8 Å². The molecule has 0 unspecified atom stereocenters. The van der Waals surface area contributed by atoms with Crippen LogP contribution in [0.3, 0.4) is 0 Å². The number of amides is 6. The molecule has 0 aliphatic carbocycles. The van der Waals surface area contributed by atoms with Crippen LogP contribution < -0.4 is 30.7 Å². The maximum atomic E-state index is 12.6. The molecule has 2 saturated heterocycles. The van der Waals surface area contributed by atoms with Crippen molar-refractivity contribution in [1.82, 2.24) is 20.4 Å². The largest absolute Gasteiger partial charge is 0.492 e. The molecule has 4 rings (SSSR count). The van der Waals surface area contributed by atoms with Crippen LogP contribution in [0.15, 0.2) is 36.4 Å². The summed E-state index contributed by atoms with van der Waals surface area (Å²) in [5.74, 6) is 1.35. The molecular formula is C25H32N6O5. The van der Waals surface area contributed by atoms with Crippen LogP contribution in [-0.4, -0.2) is 80.4 Å². The van der Waals surface area contributed by atoms with Gasteiger partial charge in [-0.15, -0.1) is 0 Å². The Morgan fingerprint density at radius 3 is 1.61 bits per heavy atom. The zero-order valence-electron chi connectivity index (χ0n) is 20.6. The van der Waals surface area contributed by atoms with Crippen LogP contribution >= 0.6 is 0 Å². The molecule has 11 heteroatoms. The number of carbonyl (C=O) groups is 3. The van der Waals surface area contributed by atoms with Gasteiger partial charge in [0.25, 0.3) is 0 Å². The minimum absolute atomic E-state index is 0.0641. The molecule has 2 aromatic carbocycles. The number of carbonyl (C=O) groups excluding carboxylic acids is 3. The van der Waals surface area contributed by atoms with E-state index in [-0.39, 0.29) is 18.1 Å². The van der Waals surface area contributed by atoms with Crippen LogP contribution in [0.4, 0.5) is 25.8 Å². The summed E-state index contributed by atoms with van der Waals surface area (Å²) in [7, 11) is 0. The van der Waals surface area contributed by atoms with Crippen molar-refractivity contribution in [3.05, 3.63) is 47.5 Å². The molecule has 0 saturated carbocycles. The summed E-state index contributed by atoms with van der Waals surface area (Å²) >= 11 is 0. The minimum atomic E-state index is -0.358. The maximum Gasteiger partial charge on any atom is 0.323 e. The molecule has 0 bridgehead atoms. The van der Waals surface area contributed by atoms with Crippen molar-refractivity contribution in [2.75, 3.05) is 63.1 Å². The lowest BCUT2D eigenvalue weighted by molar-refractivity contribution is 0.202. The van der Waals surface area contributed by atoms with Gasteiger partial charge in [-0.1, -0.05) is 0 Å². The number of nitrogens with zero attached hydrogens (tertiary/aromatic N) is 2. The van der Waals surface area contributed by atoms with Gasteiger partial charge in [0.1, 0.15) is 24.7 Å². The minimum Gasteiger partial charge on any atom is -0.492 e. The van der Waals surface area contributed by atoms with Crippen molar-refractivity contribution < 1.29 is 23.9 Å². The van der Waals surface area contributed by atoms with E-state index >= 15 is 0 Å². The maximum absolute atomic E-state index is 12.6. The predicted octanol–water partition coefficient (Wildman–Crippen LogP) is 2.76. The standard InChI is InChI=1S/C25H32N6O5/c1-17-15-19(35-13-11-30-9-7-26-24(30)33)3-5-21(17)28-23(32)29-22-6-4-20(16-18(22)2)36-14-12-31-10-8-27-25(31)34/h3-6,15-16H,7-14H2,1-2H3,(H,26,33)(H,27,34)(H2,28,29,32). The summed E-state index contributed by atoms with van der Waals surface area (Å²) in [6.45, 7) is 8.31. The Balaban J connectivity index is 1.23. The molecular weight excluding hydrogens is 464 g/mol. The highest BCUT2D eigenvalue weighted by Crippen LogP contribution is 2.24. The van der Waals surface area contributed by atoms with E-state index in [1.807, 2.05) is 26.0 Å². The highest BCUT2D eigenvalue weighted by molar-refractivity contribution is 6.00. The molecule has 2 aromatic rings. The first-order valence-electron chi connectivity index (χ1n) is 12.0. The van der Waals surface area contributed by atoms with Gasteiger partial charge >= 0.3 is 18.1 Å². The highest BCUT2D eigenvalue weighted by Gasteiger charge is 2.19. The van der Waals surface area contributed by atoms with Crippen LogP contribution in [0.2, 0.25) is 0 Å². The normalized spacial score (nSPS) is 14.9. The third-order valence-electron chi connectivity index (χ3n) is 6.04. The quantitative estimate of drug-likeness (QED) is 0.403. The monoisotopic (exact) mass is 496 g/mol. The molecule has 36 heavy (non-hydrogen) atoms. The van der Waals surface area contributed by atoms with Crippen LogP contribution in [0.25, 0.3) is 0 Å². The Kier molecular flexibility index (Phi) is 7.99. The molecule has 2 fully saturated rings. The fourth-order valence-corrected chi connectivity index (χ4v) is 4.00. The number of benzene rings is 2. The number of urea groups is 3. The summed E-state index contributed by atoms with van der Waals surface area (Å²) in [5, 5.41) is 11.2. The van der Waals surface area contributed by atoms with E-state index in [1.54, 1.807) is 34.1 Å². The van der Waals surface area contributed by atoms with Gasteiger partial charge in [0, 0.05) is 37.6 Å². The molecule has 11 nitrogen and oxygen atoms in total. The Morgan fingerprint density at radius 2 is 1.25 bits per heavy atom. The first kappa shape index (κ1) is 25.0. The Labute approximate surface area is 210 Å². The molecule has 2 aliphatic heterocycles. The second-order valence-electron chi connectivity index (χ2n) is 8.67. The second-order valence-corrected chi connectivity index (χ2v) is 8.67. The summed E-state index contributed by atoms with van der Waals surface area (Å²) in [6.07, 6.45) is 0. The molecule has 4 N–H and O–H groups in total. The van der Waals surface area contributed by atoms with E-state index in [0.29, 0.717) is 75.4 Å². The third kappa shape index (κ3) is 6.49. The number of nitrogens with one attached hydrogen (secondary N) is 4. The van der Waals surface area contributed by atoms with Gasteiger partial charge < -0.3 is 40.5 Å². The fraction of sp³-hybridized carbons (Fsp3) is 0.400. The van der Waals surface area contributed by atoms with Crippen LogP contribution in [0, 0.1) is 13.8 Å². The molecule has 0 atom stereocenters. The molecule has 2 heterocycles. The lowest BCUT2D eigenvalue weighted by atomic mass is 10.2. The van der Waals surface area contributed by atoms with Crippen LogP contribution in [0.1, 0.15) is 11.1 Å². The summed E-state index contributed by atoms with van der Waals surface area (Å²) in [4.78, 5) is 39.2. The van der Waals surface area contributed by atoms with Crippen molar-refractivity contribution in [3.63, 3.8) is 0 Å². The average molecular weight is 497 g/mol. The highest BCUT2D eigenvalue weighted by atomic mass is 16.5.